The van der Waals surface area contributed by atoms with Gasteiger partial charge in [0.1, 0.15) is 0 Å². The van der Waals surface area contributed by atoms with Crippen LogP contribution in [0.2, 0.25) is 0 Å². The van der Waals surface area contributed by atoms with E-state index in [1.54, 1.807) is 0 Å². The van der Waals surface area contributed by atoms with Crippen molar-refractivity contribution in [3.05, 3.63) is 64.6 Å². The molecule has 4 heteroatoms. The topological polar surface area (TPSA) is 33.2 Å². The van der Waals surface area contributed by atoms with Gasteiger partial charge in [0.15, 0.2) is 0 Å². The van der Waals surface area contributed by atoms with Crippen molar-refractivity contribution < 1.29 is 4.79 Å². The Morgan fingerprint density at radius 1 is 1.04 bits per heavy atom. The van der Waals surface area contributed by atoms with E-state index in [9.17, 15) is 4.79 Å². The van der Waals surface area contributed by atoms with E-state index in [1.165, 1.54) is 6.42 Å². The van der Waals surface area contributed by atoms with Crippen molar-refractivity contribution in [3.8, 4) is 11.3 Å². The third-order valence-electron chi connectivity index (χ3n) is 5.24. The predicted molar refractivity (Wildman–Crippen MR) is 114 cm³/mol. The molecule has 0 N–H and O–H groups in total. The van der Waals surface area contributed by atoms with E-state index in [1.807, 2.05) is 59.5 Å². The number of hydrogen-bond acceptors (Lipinski definition) is 2. The molecular formula is C23H23BrN2O. The Kier molecular flexibility index (Phi) is 5.00. The lowest BCUT2D eigenvalue weighted by Crippen LogP contribution is -2.42. The highest BCUT2D eigenvalue weighted by Crippen LogP contribution is 2.29. The van der Waals surface area contributed by atoms with Gasteiger partial charge in [-0.25, -0.2) is 4.98 Å². The number of likely N-dealkylation sites (tertiary alicyclic amines) is 1. The first-order valence-electron chi connectivity index (χ1n) is 9.46. The van der Waals surface area contributed by atoms with Crippen molar-refractivity contribution >= 4 is 32.7 Å². The summed E-state index contributed by atoms with van der Waals surface area (Å²) in [6.45, 7) is 6.11. The highest BCUT2D eigenvalue weighted by atomic mass is 79.9. The fraction of sp³-hybridized carbons (Fsp3) is 0.304. The number of pyridine rings is 1. The number of carbonyl (C=O) groups excluding carboxylic acids is 1. The van der Waals surface area contributed by atoms with Crippen LogP contribution < -0.4 is 0 Å². The Hall–Kier alpha value is -2.20. The van der Waals surface area contributed by atoms with Crippen LogP contribution in [0.1, 0.15) is 30.6 Å². The molecule has 0 bridgehead atoms. The molecule has 0 radical (unpaired) electrons. The van der Waals surface area contributed by atoms with E-state index < -0.39 is 0 Å². The van der Waals surface area contributed by atoms with Crippen molar-refractivity contribution in [2.45, 2.75) is 20.3 Å². The minimum atomic E-state index is 0.116. The third-order valence-corrected chi connectivity index (χ3v) is 5.77. The van der Waals surface area contributed by atoms with Crippen molar-refractivity contribution in [2.24, 2.45) is 11.8 Å². The molecule has 27 heavy (non-hydrogen) atoms. The normalized spacial score (nSPS) is 20.0. The Balaban J connectivity index is 1.81. The summed E-state index contributed by atoms with van der Waals surface area (Å²) in [5.41, 5.74) is 3.46. The summed E-state index contributed by atoms with van der Waals surface area (Å²) in [4.78, 5) is 20.3. The van der Waals surface area contributed by atoms with Gasteiger partial charge in [0.25, 0.3) is 5.91 Å². The molecule has 2 aromatic carbocycles. The quantitative estimate of drug-likeness (QED) is 0.523. The number of benzene rings is 2. The summed E-state index contributed by atoms with van der Waals surface area (Å²) in [5, 5.41) is 0.925. The van der Waals surface area contributed by atoms with Crippen LogP contribution in [0.5, 0.6) is 0 Å². The molecule has 1 saturated heterocycles. The fourth-order valence-corrected chi connectivity index (χ4v) is 4.38. The Bertz CT molecular complexity index is 973. The SMILES string of the molecule is CC1CC(C)CN(C(=O)c2cc(-c3ccc(Br)cc3)nc3ccccc23)C1. The van der Waals surface area contributed by atoms with Crippen LogP contribution in [0.3, 0.4) is 0 Å². The summed E-state index contributed by atoms with van der Waals surface area (Å²) in [5.74, 6) is 1.19. The van der Waals surface area contributed by atoms with Crippen LogP contribution in [0.4, 0.5) is 0 Å². The number of halogens is 1. The maximum atomic E-state index is 13.4. The lowest BCUT2D eigenvalue weighted by atomic mass is 9.91. The molecule has 3 aromatic rings. The Morgan fingerprint density at radius 2 is 1.70 bits per heavy atom. The summed E-state index contributed by atoms with van der Waals surface area (Å²) in [6.07, 6.45) is 1.19. The average Bonchev–Trinajstić information content (AvgIpc) is 2.66. The van der Waals surface area contributed by atoms with Gasteiger partial charge in [-0.3, -0.25) is 4.79 Å². The summed E-state index contributed by atoms with van der Waals surface area (Å²) < 4.78 is 1.03. The monoisotopic (exact) mass is 422 g/mol. The molecule has 138 valence electrons. The largest absolute Gasteiger partial charge is 0.338 e. The van der Waals surface area contributed by atoms with Crippen LogP contribution in [0, 0.1) is 11.8 Å². The van der Waals surface area contributed by atoms with Crippen molar-refractivity contribution in [3.63, 3.8) is 0 Å². The number of rotatable bonds is 2. The van der Waals surface area contributed by atoms with Crippen molar-refractivity contribution in [1.29, 1.82) is 0 Å². The first-order valence-corrected chi connectivity index (χ1v) is 10.3. The number of fused-ring (bicyclic) bond motifs is 1. The van der Waals surface area contributed by atoms with Gasteiger partial charge >= 0.3 is 0 Å². The lowest BCUT2D eigenvalue weighted by Gasteiger charge is -2.35. The number of piperidine rings is 1. The minimum absolute atomic E-state index is 0.116. The molecule has 4 rings (SSSR count). The Labute approximate surface area is 168 Å². The molecule has 1 aliphatic heterocycles. The molecule has 0 spiro atoms. The molecule has 0 saturated carbocycles. The molecule has 2 heterocycles. The van der Waals surface area contributed by atoms with Gasteiger partial charge in [-0.15, -0.1) is 0 Å². The van der Waals surface area contributed by atoms with E-state index in [2.05, 4.69) is 29.8 Å². The van der Waals surface area contributed by atoms with Crippen LogP contribution in [-0.4, -0.2) is 28.9 Å². The molecule has 1 aromatic heterocycles. The van der Waals surface area contributed by atoms with E-state index in [-0.39, 0.29) is 5.91 Å². The average molecular weight is 423 g/mol. The first kappa shape index (κ1) is 18.2. The molecule has 3 nitrogen and oxygen atoms in total. The highest BCUT2D eigenvalue weighted by molar-refractivity contribution is 9.10. The standard InChI is InChI=1S/C23H23BrN2O/c1-15-11-16(2)14-26(13-15)23(27)20-12-22(17-7-9-18(24)10-8-17)25-21-6-4-3-5-19(20)21/h3-10,12,15-16H,11,13-14H2,1-2H3. The summed E-state index contributed by atoms with van der Waals surface area (Å²) in [7, 11) is 0. The second-order valence-electron chi connectivity index (χ2n) is 7.74. The number of carbonyl (C=O) groups is 1. The second kappa shape index (κ2) is 7.43. The summed E-state index contributed by atoms with van der Waals surface area (Å²) >= 11 is 3.48. The van der Waals surface area contributed by atoms with Crippen molar-refractivity contribution in [2.75, 3.05) is 13.1 Å². The third kappa shape index (κ3) is 3.77. The Morgan fingerprint density at radius 3 is 2.41 bits per heavy atom. The van der Waals surface area contributed by atoms with Gasteiger partial charge in [0.05, 0.1) is 16.8 Å². The van der Waals surface area contributed by atoms with Crippen LogP contribution in [0.15, 0.2) is 59.1 Å². The number of hydrogen-bond donors (Lipinski definition) is 0. The number of amides is 1. The van der Waals surface area contributed by atoms with E-state index >= 15 is 0 Å². The highest BCUT2D eigenvalue weighted by Gasteiger charge is 2.27. The number of nitrogens with zero attached hydrogens (tertiary/aromatic N) is 2. The second-order valence-corrected chi connectivity index (χ2v) is 8.65. The van der Waals surface area contributed by atoms with Crippen LogP contribution >= 0.6 is 15.9 Å². The van der Waals surface area contributed by atoms with E-state index in [4.69, 9.17) is 4.98 Å². The van der Waals surface area contributed by atoms with Gasteiger partial charge in [0.2, 0.25) is 0 Å². The van der Waals surface area contributed by atoms with Crippen LogP contribution in [0.25, 0.3) is 22.2 Å². The van der Waals surface area contributed by atoms with Gasteiger partial charge in [-0.2, -0.15) is 0 Å². The number of aromatic nitrogens is 1. The molecule has 1 amide bonds. The first-order chi connectivity index (χ1) is 13.0. The summed E-state index contributed by atoms with van der Waals surface area (Å²) in [6, 6.07) is 17.9. The van der Waals surface area contributed by atoms with E-state index in [0.29, 0.717) is 11.8 Å². The van der Waals surface area contributed by atoms with Crippen LogP contribution in [-0.2, 0) is 0 Å². The molecule has 2 atom stereocenters. The maximum Gasteiger partial charge on any atom is 0.254 e. The molecule has 1 aliphatic rings. The zero-order valence-electron chi connectivity index (χ0n) is 15.7. The predicted octanol–water partition coefficient (Wildman–Crippen LogP) is 5.78. The zero-order chi connectivity index (χ0) is 19.0. The van der Waals surface area contributed by atoms with Gasteiger partial charge in [-0.05, 0) is 42.5 Å². The fourth-order valence-electron chi connectivity index (χ4n) is 4.12. The lowest BCUT2D eigenvalue weighted by molar-refractivity contribution is 0.0625. The van der Waals surface area contributed by atoms with Gasteiger partial charge in [-0.1, -0.05) is 60.1 Å². The van der Waals surface area contributed by atoms with Crippen molar-refractivity contribution in [1.82, 2.24) is 9.88 Å². The molecule has 1 fully saturated rings. The molecule has 0 aliphatic carbocycles. The number of para-hydroxylation sites is 1. The molecular weight excluding hydrogens is 400 g/mol. The zero-order valence-corrected chi connectivity index (χ0v) is 17.2. The van der Waals surface area contributed by atoms with Gasteiger partial charge in [0, 0.05) is 28.5 Å². The minimum Gasteiger partial charge on any atom is -0.338 e. The smallest absolute Gasteiger partial charge is 0.254 e. The molecule has 2 unspecified atom stereocenters. The maximum absolute atomic E-state index is 13.4. The van der Waals surface area contributed by atoms with Gasteiger partial charge < -0.3 is 4.90 Å². The van der Waals surface area contributed by atoms with E-state index in [0.717, 1.165) is 45.3 Å².